The van der Waals surface area contributed by atoms with Crippen molar-refractivity contribution >= 4 is 0 Å². The molecule has 0 amide bonds. The first kappa shape index (κ1) is 9.98. The summed E-state index contributed by atoms with van der Waals surface area (Å²) in [6, 6.07) is 0.875. The van der Waals surface area contributed by atoms with Crippen molar-refractivity contribution in [3.63, 3.8) is 0 Å². The zero-order valence-electron chi connectivity index (χ0n) is 7.24. The molecule has 0 saturated heterocycles. The molecular weight excluding hydrogens is 176 g/mol. The van der Waals surface area contributed by atoms with Gasteiger partial charge >= 0.3 is 0 Å². The van der Waals surface area contributed by atoms with Gasteiger partial charge in [0.2, 0.25) is 0 Å². The van der Waals surface area contributed by atoms with Gasteiger partial charge in [0.15, 0.2) is 0 Å². The Morgan fingerprint density at radius 3 is 2.85 bits per heavy atom. The van der Waals surface area contributed by atoms with E-state index in [4.69, 9.17) is 0 Å². The molecule has 1 N–H and O–H groups in total. The number of nitrogens with zero attached hydrogens (tertiary/aromatic N) is 2. The molecule has 1 aromatic heterocycles. The van der Waals surface area contributed by atoms with Gasteiger partial charge in [-0.05, 0) is 13.0 Å². The van der Waals surface area contributed by atoms with E-state index in [1.54, 1.807) is 12.3 Å². The molecule has 1 heterocycles. The number of nitrogens with one attached hydrogen (secondary N) is 1. The van der Waals surface area contributed by atoms with E-state index in [1.165, 1.54) is 13.3 Å². The highest BCUT2D eigenvalue weighted by atomic mass is 19.3. The van der Waals surface area contributed by atoms with Crippen LogP contribution in [-0.2, 0) is 6.54 Å². The number of hydrogen-bond donors (Lipinski definition) is 1. The van der Waals surface area contributed by atoms with Crippen molar-refractivity contribution in [3.05, 3.63) is 24.3 Å². The average Bonchev–Trinajstić information content (AvgIpc) is 2.15. The quantitative estimate of drug-likeness (QED) is 0.770. The predicted octanol–water partition coefficient (Wildman–Crippen LogP) is 1.22. The minimum Gasteiger partial charge on any atom is -0.303 e. The van der Waals surface area contributed by atoms with Crippen LogP contribution in [0.2, 0.25) is 0 Å². The molecule has 1 atom stereocenters. The van der Waals surface area contributed by atoms with E-state index in [-0.39, 0.29) is 0 Å². The number of rotatable bonds is 4. The summed E-state index contributed by atoms with van der Waals surface area (Å²) in [7, 11) is 0. The van der Waals surface area contributed by atoms with Crippen molar-refractivity contribution in [1.29, 1.82) is 0 Å². The number of hydrogen-bond acceptors (Lipinski definition) is 3. The fourth-order valence-electron chi connectivity index (χ4n) is 0.777. The standard InChI is InChI=1S/C8H11F2N3/c1-6(8(9)10)12-4-7-2-3-11-5-13-7/h2-3,5-6,8,12H,4H2,1H3. The Labute approximate surface area is 75.2 Å². The molecule has 1 aromatic rings. The van der Waals surface area contributed by atoms with Crippen LogP contribution in [0.25, 0.3) is 0 Å². The van der Waals surface area contributed by atoms with Gasteiger partial charge in [-0.2, -0.15) is 0 Å². The van der Waals surface area contributed by atoms with Crippen molar-refractivity contribution < 1.29 is 8.78 Å². The lowest BCUT2D eigenvalue weighted by molar-refractivity contribution is 0.105. The summed E-state index contributed by atoms with van der Waals surface area (Å²) in [6.07, 6.45) is 0.628. The normalized spacial score (nSPS) is 13.2. The summed E-state index contributed by atoms with van der Waals surface area (Å²) < 4.78 is 24.1. The molecule has 0 aliphatic carbocycles. The fourth-order valence-corrected chi connectivity index (χ4v) is 0.777. The molecule has 5 heteroatoms. The van der Waals surface area contributed by atoms with E-state index in [9.17, 15) is 8.78 Å². The van der Waals surface area contributed by atoms with Crippen molar-refractivity contribution in [1.82, 2.24) is 15.3 Å². The highest BCUT2D eigenvalue weighted by molar-refractivity contribution is 4.97. The molecule has 0 bridgehead atoms. The minimum absolute atomic E-state index is 0.341. The highest BCUT2D eigenvalue weighted by Crippen LogP contribution is 2.00. The summed E-state index contributed by atoms with van der Waals surface area (Å²) in [6.45, 7) is 1.78. The first-order valence-corrected chi connectivity index (χ1v) is 3.96. The average molecular weight is 187 g/mol. The van der Waals surface area contributed by atoms with Crippen LogP contribution in [-0.4, -0.2) is 22.4 Å². The lowest BCUT2D eigenvalue weighted by Crippen LogP contribution is -2.32. The van der Waals surface area contributed by atoms with Gasteiger partial charge in [-0.25, -0.2) is 18.7 Å². The monoisotopic (exact) mass is 187 g/mol. The molecular formula is C8H11F2N3. The molecule has 0 saturated carbocycles. The van der Waals surface area contributed by atoms with Crippen molar-refractivity contribution in [2.75, 3.05) is 0 Å². The third kappa shape index (κ3) is 3.42. The molecule has 0 fully saturated rings. The van der Waals surface area contributed by atoms with Crippen LogP contribution in [0.5, 0.6) is 0 Å². The molecule has 0 aliphatic heterocycles. The van der Waals surface area contributed by atoms with Crippen LogP contribution in [0.15, 0.2) is 18.6 Å². The molecule has 0 aliphatic rings. The van der Waals surface area contributed by atoms with E-state index in [1.807, 2.05) is 0 Å². The van der Waals surface area contributed by atoms with E-state index in [0.29, 0.717) is 12.2 Å². The predicted molar refractivity (Wildman–Crippen MR) is 44.3 cm³/mol. The van der Waals surface area contributed by atoms with Crippen LogP contribution < -0.4 is 5.32 Å². The van der Waals surface area contributed by atoms with Gasteiger partial charge in [0.05, 0.1) is 11.7 Å². The van der Waals surface area contributed by atoms with E-state index < -0.39 is 12.5 Å². The van der Waals surface area contributed by atoms with Gasteiger partial charge in [-0.15, -0.1) is 0 Å². The number of alkyl halides is 2. The van der Waals surface area contributed by atoms with Crippen molar-refractivity contribution in [2.24, 2.45) is 0 Å². The topological polar surface area (TPSA) is 37.8 Å². The summed E-state index contributed by atoms with van der Waals surface area (Å²) in [5, 5.41) is 2.66. The van der Waals surface area contributed by atoms with Gasteiger partial charge in [-0.1, -0.05) is 0 Å². The number of aromatic nitrogens is 2. The van der Waals surface area contributed by atoms with Crippen molar-refractivity contribution in [3.8, 4) is 0 Å². The Balaban J connectivity index is 2.35. The Kier molecular flexibility index (Phi) is 3.70. The SMILES string of the molecule is CC(NCc1ccncn1)C(F)F. The van der Waals surface area contributed by atoms with Gasteiger partial charge < -0.3 is 5.32 Å². The summed E-state index contributed by atoms with van der Waals surface area (Å²) in [5.74, 6) is 0. The second-order valence-corrected chi connectivity index (χ2v) is 2.70. The zero-order valence-corrected chi connectivity index (χ0v) is 7.24. The third-order valence-electron chi connectivity index (χ3n) is 1.63. The summed E-state index contributed by atoms with van der Waals surface area (Å²) >= 11 is 0. The maximum atomic E-state index is 12.0. The van der Waals surface area contributed by atoms with Crippen LogP contribution in [0.1, 0.15) is 12.6 Å². The molecule has 13 heavy (non-hydrogen) atoms. The minimum atomic E-state index is -2.35. The molecule has 1 unspecified atom stereocenters. The molecule has 0 spiro atoms. The van der Waals surface area contributed by atoms with Crippen LogP contribution >= 0.6 is 0 Å². The Morgan fingerprint density at radius 2 is 2.31 bits per heavy atom. The Morgan fingerprint density at radius 1 is 1.54 bits per heavy atom. The number of halogens is 2. The van der Waals surface area contributed by atoms with E-state index >= 15 is 0 Å². The maximum Gasteiger partial charge on any atom is 0.253 e. The van der Waals surface area contributed by atoms with Gasteiger partial charge in [0.25, 0.3) is 6.43 Å². The van der Waals surface area contributed by atoms with Crippen LogP contribution in [0.4, 0.5) is 8.78 Å². The van der Waals surface area contributed by atoms with Crippen LogP contribution in [0.3, 0.4) is 0 Å². The summed E-state index contributed by atoms with van der Waals surface area (Å²) in [4.78, 5) is 7.61. The summed E-state index contributed by atoms with van der Waals surface area (Å²) in [5.41, 5.74) is 0.711. The van der Waals surface area contributed by atoms with Gasteiger partial charge in [0, 0.05) is 12.7 Å². The second kappa shape index (κ2) is 4.81. The van der Waals surface area contributed by atoms with E-state index in [2.05, 4.69) is 15.3 Å². The molecule has 0 radical (unpaired) electrons. The molecule has 1 rings (SSSR count). The van der Waals surface area contributed by atoms with Gasteiger partial charge in [0.1, 0.15) is 6.33 Å². The lowest BCUT2D eigenvalue weighted by atomic mass is 10.3. The molecule has 0 aromatic carbocycles. The first-order chi connectivity index (χ1) is 6.20. The lowest BCUT2D eigenvalue weighted by Gasteiger charge is -2.11. The highest BCUT2D eigenvalue weighted by Gasteiger charge is 2.13. The fraction of sp³-hybridized carbons (Fsp3) is 0.500. The molecule has 72 valence electrons. The largest absolute Gasteiger partial charge is 0.303 e. The second-order valence-electron chi connectivity index (χ2n) is 2.70. The first-order valence-electron chi connectivity index (χ1n) is 3.96. The zero-order chi connectivity index (χ0) is 9.68. The smallest absolute Gasteiger partial charge is 0.253 e. The van der Waals surface area contributed by atoms with E-state index in [0.717, 1.165) is 0 Å². The van der Waals surface area contributed by atoms with Gasteiger partial charge in [-0.3, -0.25) is 0 Å². The van der Waals surface area contributed by atoms with Crippen LogP contribution in [0, 0.1) is 0 Å². The maximum absolute atomic E-state index is 12.0. The third-order valence-corrected chi connectivity index (χ3v) is 1.63. The van der Waals surface area contributed by atoms with Crippen molar-refractivity contribution in [2.45, 2.75) is 25.9 Å². The Hall–Kier alpha value is -1.10. The Bertz CT molecular complexity index is 240. The molecule has 3 nitrogen and oxygen atoms in total.